The molecule has 2 aromatic carbocycles. The molecule has 0 bridgehead atoms. The second kappa shape index (κ2) is 7.92. The van der Waals surface area contributed by atoms with Gasteiger partial charge in [-0.15, -0.1) is 0 Å². The summed E-state index contributed by atoms with van der Waals surface area (Å²) in [4.78, 5) is 41.0. The van der Waals surface area contributed by atoms with Crippen molar-refractivity contribution in [3.05, 3.63) is 70.6 Å². The molecule has 146 valence electrons. The summed E-state index contributed by atoms with van der Waals surface area (Å²) in [6.07, 6.45) is -0.0759. The third-order valence-corrected chi connectivity index (χ3v) is 5.55. The van der Waals surface area contributed by atoms with Gasteiger partial charge in [0.05, 0.1) is 18.4 Å². The van der Waals surface area contributed by atoms with Gasteiger partial charge in [-0.1, -0.05) is 42.1 Å². The van der Waals surface area contributed by atoms with Crippen LogP contribution in [0.2, 0.25) is 0 Å². The van der Waals surface area contributed by atoms with E-state index in [1.54, 1.807) is 42.5 Å². The van der Waals surface area contributed by atoms with E-state index in [1.807, 2.05) is 12.1 Å². The predicted octanol–water partition coefficient (Wildman–Crippen LogP) is 3.22. The minimum atomic E-state index is -0.703. The number of amides is 2. The van der Waals surface area contributed by atoms with Crippen LogP contribution in [0, 0.1) is 0 Å². The Kier molecular flexibility index (Phi) is 5.18. The van der Waals surface area contributed by atoms with Crippen LogP contribution >= 0.6 is 11.8 Å². The number of hydrogen-bond acceptors (Lipinski definition) is 6. The van der Waals surface area contributed by atoms with Crippen molar-refractivity contribution in [3.63, 3.8) is 0 Å². The van der Waals surface area contributed by atoms with Crippen LogP contribution < -0.4 is 15.7 Å². The highest BCUT2D eigenvalue weighted by molar-refractivity contribution is 8.16. The van der Waals surface area contributed by atoms with Crippen molar-refractivity contribution in [1.82, 2.24) is 0 Å². The highest BCUT2D eigenvalue weighted by atomic mass is 32.2. The molecule has 0 saturated carbocycles. The first-order valence-electron chi connectivity index (χ1n) is 8.80. The topological polar surface area (TPSA) is 98.0 Å². The molecule has 0 saturated heterocycles. The minimum absolute atomic E-state index is 0.0759. The van der Waals surface area contributed by atoms with E-state index >= 15 is 0 Å². The van der Waals surface area contributed by atoms with Crippen LogP contribution in [0.1, 0.15) is 12.0 Å². The maximum absolute atomic E-state index is 12.4. The molecule has 7 nitrogen and oxygen atoms in total. The van der Waals surface area contributed by atoms with Crippen LogP contribution in [-0.2, 0) is 9.59 Å². The van der Waals surface area contributed by atoms with E-state index in [0.717, 1.165) is 17.1 Å². The lowest BCUT2D eigenvalue weighted by Gasteiger charge is -2.11. The first-order chi connectivity index (χ1) is 14.0. The number of nitrogens with one attached hydrogen (secondary N) is 1. The van der Waals surface area contributed by atoms with Crippen molar-refractivity contribution in [2.45, 2.75) is 11.7 Å². The Hall–Kier alpha value is -3.39. The summed E-state index contributed by atoms with van der Waals surface area (Å²) < 4.78 is 10.5. The molecule has 4 rings (SSSR count). The summed E-state index contributed by atoms with van der Waals surface area (Å²) in [7, 11) is 1.51. The maximum Gasteiger partial charge on any atom is 0.346 e. The highest BCUT2D eigenvalue weighted by Gasteiger charge is 2.32. The summed E-state index contributed by atoms with van der Waals surface area (Å²) in [5, 5.41) is 3.04. The largest absolute Gasteiger partial charge is 0.495 e. The number of nitrogens with zero attached hydrogens (tertiary/aromatic N) is 1. The molecular weight excluding hydrogens is 392 g/mol. The molecule has 1 N–H and O–H groups in total. The van der Waals surface area contributed by atoms with E-state index in [1.165, 1.54) is 7.11 Å². The number of carbonyl (C=O) groups excluding carboxylic acids is 2. The zero-order valence-electron chi connectivity index (χ0n) is 15.4. The second-order valence-corrected chi connectivity index (χ2v) is 7.49. The zero-order chi connectivity index (χ0) is 20.4. The Morgan fingerprint density at radius 2 is 1.93 bits per heavy atom. The Morgan fingerprint density at radius 1 is 1.17 bits per heavy atom. The Labute approximate surface area is 169 Å². The Bertz CT molecular complexity index is 1200. The third kappa shape index (κ3) is 3.93. The molecule has 2 heterocycles. The molecule has 1 unspecified atom stereocenters. The molecule has 8 heteroatoms. The number of fused-ring (bicyclic) bond motifs is 1. The molecule has 0 fully saturated rings. The van der Waals surface area contributed by atoms with Crippen molar-refractivity contribution in [2.75, 3.05) is 12.4 Å². The van der Waals surface area contributed by atoms with Gasteiger partial charge >= 0.3 is 5.63 Å². The molecular formula is C21H16N2O5S. The molecule has 1 atom stereocenters. The quantitative estimate of drug-likeness (QED) is 0.651. The second-order valence-electron chi connectivity index (χ2n) is 6.30. The fourth-order valence-corrected chi connectivity index (χ4v) is 4.03. The van der Waals surface area contributed by atoms with Crippen molar-refractivity contribution in [1.29, 1.82) is 0 Å². The van der Waals surface area contributed by atoms with E-state index in [0.29, 0.717) is 17.0 Å². The van der Waals surface area contributed by atoms with Crippen LogP contribution in [-0.4, -0.2) is 29.2 Å². The summed E-state index contributed by atoms with van der Waals surface area (Å²) in [5.41, 5.74) is 0.632. The van der Waals surface area contributed by atoms with Gasteiger partial charge in [0, 0.05) is 11.8 Å². The Morgan fingerprint density at radius 3 is 2.76 bits per heavy atom. The van der Waals surface area contributed by atoms with Crippen LogP contribution in [0.15, 0.2) is 68.8 Å². The van der Waals surface area contributed by atoms with Gasteiger partial charge in [-0.2, -0.15) is 0 Å². The van der Waals surface area contributed by atoms with Gasteiger partial charge in [0.15, 0.2) is 0 Å². The van der Waals surface area contributed by atoms with Crippen molar-refractivity contribution in [2.24, 2.45) is 4.99 Å². The number of methoxy groups -OCH3 is 1. The minimum Gasteiger partial charge on any atom is -0.495 e. The molecule has 1 aromatic heterocycles. The zero-order valence-corrected chi connectivity index (χ0v) is 16.2. The van der Waals surface area contributed by atoms with E-state index in [2.05, 4.69) is 10.3 Å². The number of ether oxygens (including phenoxy) is 1. The number of anilines is 1. The van der Waals surface area contributed by atoms with Gasteiger partial charge in [0.2, 0.25) is 5.91 Å². The van der Waals surface area contributed by atoms with Gasteiger partial charge in [-0.25, -0.2) is 9.79 Å². The van der Waals surface area contributed by atoms with Gasteiger partial charge in [-0.3, -0.25) is 9.59 Å². The molecule has 1 aliphatic heterocycles. The molecule has 0 spiro atoms. The molecule has 0 aliphatic carbocycles. The molecule has 0 radical (unpaired) electrons. The fraction of sp³-hybridized carbons (Fsp3) is 0.143. The number of rotatable bonds is 5. The molecule has 3 aromatic rings. The van der Waals surface area contributed by atoms with Crippen molar-refractivity contribution in [3.8, 4) is 5.75 Å². The monoisotopic (exact) mass is 408 g/mol. The molecule has 2 amide bonds. The summed E-state index contributed by atoms with van der Waals surface area (Å²) >= 11 is 1.09. The summed E-state index contributed by atoms with van der Waals surface area (Å²) in [6.45, 7) is 0. The lowest BCUT2D eigenvalue weighted by Crippen LogP contribution is -2.21. The summed E-state index contributed by atoms with van der Waals surface area (Å²) in [5.74, 6) is -0.271. The fourth-order valence-electron chi connectivity index (χ4n) is 2.96. The van der Waals surface area contributed by atoms with E-state index < -0.39 is 16.8 Å². The lowest BCUT2D eigenvalue weighted by atomic mass is 10.2. The van der Waals surface area contributed by atoms with E-state index in [-0.39, 0.29) is 22.9 Å². The van der Waals surface area contributed by atoms with Crippen molar-refractivity contribution < 1.29 is 18.7 Å². The number of carbonyl (C=O) groups is 2. The van der Waals surface area contributed by atoms with Crippen LogP contribution in [0.3, 0.4) is 0 Å². The number of aliphatic imine (C=N–C) groups is 1. The van der Waals surface area contributed by atoms with Crippen molar-refractivity contribution >= 4 is 45.3 Å². The van der Waals surface area contributed by atoms with E-state index in [9.17, 15) is 14.4 Å². The highest BCUT2D eigenvalue weighted by Crippen LogP contribution is 2.30. The standard InChI is InChI=1S/C21H16N2O5S/c1-27-16-9-5-3-7-14(16)22-18(24)11-17-19(25)23-20(29-17)13-10-12-6-2-4-8-15(12)28-21(13)26/h2-10,17H,11H2,1H3,(H,22,24). The third-order valence-electron chi connectivity index (χ3n) is 4.36. The molecule has 29 heavy (non-hydrogen) atoms. The first kappa shape index (κ1) is 18.9. The number of hydrogen-bond donors (Lipinski definition) is 1. The van der Waals surface area contributed by atoms with Gasteiger partial charge in [0.25, 0.3) is 5.91 Å². The smallest absolute Gasteiger partial charge is 0.346 e. The summed E-state index contributed by atoms with van der Waals surface area (Å²) in [6, 6.07) is 15.8. The van der Waals surface area contributed by atoms with Crippen LogP contribution in [0.25, 0.3) is 11.0 Å². The van der Waals surface area contributed by atoms with Gasteiger partial charge in [-0.05, 0) is 24.3 Å². The SMILES string of the molecule is COc1ccccc1NC(=O)CC1SC(c2cc3ccccc3oc2=O)=NC1=O. The maximum atomic E-state index is 12.4. The normalized spacial score (nSPS) is 16.0. The van der Waals surface area contributed by atoms with Gasteiger partial charge < -0.3 is 14.5 Å². The molecule has 1 aliphatic rings. The Balaban J connectivity index is 1.49. The van der Waals surface area contributed by atoms with Crippen LogP contribution in [0.5, 0.6) is 5.75 Å². The lowest BCUT2D eigenvalue weighted by molar-refractivity contribution is -0.121. The number of para-hydroxylation sites is 3. The predicted molar refractivity (Wildman–Crippen MR) is 112 cm³/mol. The van der Waals surface area contributed by atoms with Gasteiger partial charge in [0.1, 0.15) is 21.6 Å². The van der Waals surface area contributed by atoms with Crippen LogP contribution in [0.4, 0.5) is 5.69 Å². The number of benzene rings is 2. The first-order valence-corrected chi connectivity index (χ1v) is 9.68. The average molecular weight is 408 g/mol. The number of thioether (sulfide) groups is 1. The average Bonchev–Trinajstić information content (AvgIpc) is 3.07. The van der Waals surface area contributed by atoms with E-state index in [4.69, 9.17) is 9.15 Å².